The highest BCUT2D eigenvalue weighted by atomic mass is 19.1. The number of fused-ring (bicyclic) bond motifs is 3. The van der Waals surface area contributed by atoms with Gasteiger partial charge in [0.05, 0.1) is 11.5 Å². The summed E-state index contributed by atoms with van der Waals surface area (Å²) in [5.41, 5.74) is 2.26. The van der Waals surface area contributed by atoms with Gasteiger partial charge in [-0.2, -0.15) is 0 Å². The van der Waals surface area contributed by atoms with Crippen LogP contribution in [0.3, 0.4) is 0 Å². The molecule has 6 rings (SSSR count). The van der Waals surface area contributed by atoms with E-state index in [1.165, 1.54) is 17.0 Å². The Morgan fingerprint density at radius 3 is 2.49 bits per heavy atom. The van der Waals surface area contributed by atoms with Gasteiger partial charge in [-0.05, 0) is 99.8 Å². The summed E-state index contributed by atoms with van der Waals surface area (Å²) in [5, 5.41) is 5.82. The molecule has 0 saturated carbocycles. The molecule has 1 fully saturated rings. The van der Waals surface area contributed by atoms with Gasteiger partial charge in [0, 0.05) is 28.9 Å². The second kappa shape index (κ2) is 10.8. The predicted molar refractivity (Wildman–Crippen MR) is 158 cm³/mol. The molecule has 2 aromatic carbocycles. The Balaban J connectivity index is 1.22. The first kappa shape index (κ1) is 28.9. The van der Waals surface area contributed by atoms with Crippen molar-refractivity contribution in [2.24, 2.45) is 5.41 Å². The van der Waals surface area contributed by atoms with Crippen LogP contribution in [0.2, 0.25) is 0 Å². The molecule has 0 radical (unpaired) electrons. The molecular weight excluding hydrogens is 552 g/mol. The van der Waals surface area contributed by atoms with Crippen LogP contribution in [0, 0.1) is 17.0 Å². The number of hydrogen-bond acceptors (Lipinski definition) is 5. The third kappa shape index (κ3) is 5.29. The molecule has 2 atom stereocenters. The number of amides is 3. The summed E-state index contributed by atoms with van der Waals surface area (Å²) in [6.45, 7) is 4.77. The number of nitrogens with zero attached hydrogens (tertiary/aromatic N) is 3. The van der Waals surface area contributed by atoms with E-state index in [4.69, 9.17) is 0 Å². The lowest BCUT2D eigenvalue weighted by Crippen LogP contribution is -2.50. The number of pyridine rings is 1. The molecule has 2 aliphatic heterocycles. The van der Waals surface area contributed by atoms with Gasteiger partial charge in [0.25, 0.3) is 0 Å². The van der Waals surface area contributed by atoms with Crippen LogP contribution in [0.1, 0.15) is 55.0 Å². The summed E-state index contributed by atoms with van der Waals surface area (Å²) in [5.74, 6) is -1.62. The highest BCUT2D eigenvalue weighted by Gasteiger charge is 2.51. The molecule has 3 aliphatic rings. The van der Waals surface area contributed by atoms with Gasteiger partial charge in [-0.25, -0.2) is 13.8 Å². The average molecular weight is 588 g/mol. The Morgan fingerprint density at radius 2 is 1.77 bits per heavy atom. The van der Waals surface area contributed by atoms with Crippen molar-refractivity contribution in [1.29, 1.82) is 0 Å². The number of anilines is 2. The number of rotatable bonds is 6. The van der Waals surface area contributed by atoms with Gasteiger partial charge in [-0.3, -0.25) is 14.4 Å². The first-order chi connectivity index (χ1) is 20.5. The lowest BCUT2D eigenvalue weighted by Gasteiger charge is -2.41. The number of nitrogens with one attached hydrogen (secondary N) is 2. The maximum Gasteiger partial charge on any atom is 0.244 e. The van der Waals surface area contributed by atoms with Crippen LogP contribution in [0.25, 0.3) is 0 Å². The van der Waals surface area contributed by atoms with Gasteiger partial charge in [0.15, 0.2) is 0 Å². The second-order valence-corrected chi connectivity index (χ2v) is 12.5. The van der Waals surface area contributed by atoms with Gasteiger partial charge >= 0.3 is 0 Å². The molecule has 1 spiro atoms. The maximum absolute atomic E-state index is 14.1. The highest BCUT2D eigenvalue weighted by molar-refractivity contribution is 6.06. The molecule has 10 heteroatoms. The molecule has 2 N–H and O–H groups in total. The average Bonchev–Trinajstić information content (AvgIpc) is 3.48. The number of halogens is 2. The topological polar surface area (TPSA) is 94.6 Å². The Bertz CT molecular complexity index is 1600. The van der Waals surface area contributed by atoms with E-state index in [0.717, 1.165) is 35.8 Å². The first-order valence-electron chi connectivity index (χ1n) is 14.6. The largest absolute Gasteiger partial charge is 0.326 e. The number of piperidine rings is 1. The molecule has 1 saturated heterocycles. The predicted octanol–water partition coefficient (Wildman–Crippen LogP) is 4.61. The summed E-state index contributed by atoms with van der Waals surface area (Å²) >= 11 is 0. The second-order valence-electron chi connectivity index (χ2n) is 12.5. The van der Waals surface area contributed by atoms with E-state index in [9.17, 15) is 23.2 Å². The highest BCUT2D eigenvalue weighted by Crippen LogP contribution is 2.47. The molecule has 8 nitrogen and oxygen atoms in total. The van der Waals surface area contributed by atoms with Crippen molar-refractivity contribution in [3.8, 4) is 0 Å². The van der Waals surface area contributed by atoms with Crippen LogP contribution in [-0.4, -0.2) is 59.2 Å². The third-order valence-corrected chi connectivity index (χ3v) is 9.48. The van der Waals surface area contributed by atoms with Gasteiger partial charge < -0.3 is 20.4 Å². The van der Waals surface area contributed by atoms with Crippen LogP contribution in [0.5, 0.6) is 0 Å². The molecule has 3 amide bonds. The Morgan fingerprint density at radius 1 is 1.07 bits per heavy atom. The molecular formula is C33H35F2N5O3. The lowest BCUT2D eigenvalue weighted by molar-refractivity contribution is -0.148. The fraction of sp³-hybridized carbons (Fsp3) is 0.394. The monoisotopic (exact) mass is 587 g/mol. The maximum atomic E-state index is 14.1. The van der Waals surface area contributed by atoms with Crippen LogP contribution in [0.15, 0.2) is 54.7 Å². The zero-order valence-electron chi connectivity index (χ0n) is 24.5. The van der Waals surface area contributed by atoms with Crippen molar-refractivity contribution in [3.05, 3.63) is 88.6 Å². The van der Waals surface area contributed by atoms with Crippen LogP contribution in [0.4, 0.5) is 20.3 Å². The van der Waals surface area contributed by atoms with E-state index in [1.807, 2.05) is 38.2 Å². The molecule has 224 valence electrons. The van der Waals surface area contributed by atoms with E-state index in [2.05, 4.69) is 20.5 Å². The van der Waals surface area contributed by atoms with Crippen molar-refractivity contribution in [2.75, 3.05) is 37.3 Å². The van der Waals surface area contributed by atoms with Crippen molar-refractivity contribution in [3.63, 3.8) is 0 Å². The van der Waals surface area contributed by atoms with E-state index in [0.29, 0.717) is 37.2 Å². The molecule has 3 heterocycles. The van der Waals surface area contributed by atoms with Gasteiger partial charge in [0.1, 0.15) is 24.0 Å². The van der Waals surface area contributed by atoms with Crippen molar-refractivity contribution >= 4 is 29.2 Å². The summed E-state index contributed by atoms with van der Waals surface area (Å²) in [4.78, 5) is 48.5. The van der Waals surface area contributed by atoms with Crippen LogP contribution < -0.4 is 10.6 Å². The molecule has 1 aromatic heterocycles. The fourth-order valence-electron chi connectivity index (χ4n) is 6.75. The van der Waals surface area contributed by atoms with E-state index in [1.54, 1.807) is 19.2 Å². The van der Waals surface area contributed by atoms with Crippen molar-refractivity contribution in [2.45, 2.75) is 51.0 Å². The van der Waals surface area contributed by atoms with Gasteiger partial charge in [-0.15, -0.1) is 0 Å². The molecule has 1 aliphatic carbocycles. The number of carbonyl (C=O) groups is 3. The van der Waals surface area contributed by atoms with E-state index in [-0.39, 0.29) is 23.9 Å². The van der Waals surface area contributed by atoms with Crippen LogP contribution >= 0.6 is 0 Å². The van der Waals surface area contributed by atoms with E-state index >= 15 is 0 Å². The minimum Gasteiger partial charge on any atom is -0.326 e. The summed E-state index contributed by atoms with van der Waals surface area (Å²) in [7, 11) is 2.00. The number of hydrogen-bond donors (Lipinski definition) is 2. The third-order valence-electron chi connectivity index (χ3n) is 9.48. The van der Waals surface area contributed by atoms with E-state index < -0.39 is 34.4 Å². The van der Waals surface area contributed by atoms with Gasteiger partial charge in [0.2, 0.25) is 17.7 Å². The number of aromatic nitrogens is 1. The minimum atomic E-state index is -0.741. The summed E-state index contributed by atoms with van der Waals surface area (Å²) in [6, 6.07) is 11.8. The SMILES string of the molecule is C[C@H](c1cc(F)cc(F)c1)N(CC(=O)Nc1ccc2c(c1)C[C@@]1(C2)C(=O)Nc2ncccc21)C(=O)C1(C)CCN(C)CC1. The Kier molecular flexibility index (Phi) is 7.28. The molecule has 43 heavy (non-hydrogen) atoms. The van der Waals surface area contributed by atoms with Gasteiger partial charge in [-0.1, -0.05) is 19.1 Å². The van der Waals surface area contributed by atoms with Crippen molar-refractivity contribution in [1.82, 2.24) is 14.8 Å². The normalized spacial score (nSPS) is 21.2. The zero-order valence-corrected chi connectivity index (χ0v) is 24.5. The number of likely N-dealkylation sites (tertiary alicyclic amines) is 1. The Hall–Kier alpha value is -4.18. The van der Waals surface area contributed by atoms with Crippen molar-refractivity contribution < 1.29 is 23.2 Å². The number of carbonyl (C=O) groups excluding carboxylic acids is 3. The Labute approximate surface area is 249 Å². The first-order valence-corrected chi connectivity index (χ1v) is 14.6. The minimum absolute atomic E-state index is 0.0812. The summed E-state index contributed by atoms with van der Waals surface area (Å²) in [6.07, 6.45) is 3.91. The molecule has 3 aromatic rings. The quantitative estimate of drug-likeness (QED) is 0.440. The number of benzene rings is 2. The van der Waals surface area contributed by atoms with Crippen LogP contribution in [-0.2, 0) is 32.6 Å². The molecule has 0 bridgehead atoms. The standard InChI is InChI=1S/C33H35F2N5O3/c1-20(22-13-24(34)16-25(35)14-22)40(31(43)32(2)8-11-39(3)12-9-32)19-28(41)37-26-7-6-21-17-33(18-23(21)15-26)27-5-4-10-36-29(27)38-30(33)42/h4-7,10,13-16,20H,8-9,11-12,17-19H2,1-3H3,(H,37,41)(H,36,38,42)/t20-,33-/m1/s1. The lowest BCUT2D eigenvalue weighted by atomic mass is 9.78. The smallest absolute Gasteiger partial charge is 0.244 e. The molecule has 0 unspecified atom stereocenters. The fourth-order valence-corrected chi connectivity index (χ4v) is 6.75. The summed E-state index contributed by atoms with van der Waals surface area (Å²) < 4.78 is 28.3. The zero-order chi connectivity index (χ0) is 30.5.